The Morgan fingerprint density at radius 2 is 1.38 bits per heavy atom. The lowest BCUT2D eigenvalue weighted by Crippen LogP contribution is -2.13. The monoisotopic (exact) mass is 437 g/mol. The van der Waals surface area contributed by atoms with E-state index in [2.05, 4.69) is 40.3 Å². The summed E-state index contributed by atoms with van der Waals surface area (Å²) >= 11 is 6.92. The maximum atomic E-state index is 6.92. The van der Waals surface area contributed by atoms with Gasteiger partial charge >= 0.3 is 0 Å². The average Bonchev–Trinajstić information content (AvgIpc) is 3.55. The van der Waals surface area contributed by atoms with Gasteiger partial charge in [-0.25, -0.2) is 9.97 Å². The number of aromatic amines is 2. The van der Waals surface area contributed by atoms with Crippen LogP contribution in [-0.2, 0) is 0 Å². The van der Waals surface area contributed by atoms with Crippen molar-refractivity contribution < 1.29 is 0 Å². The van der Waals surface area contributed by atoms with E-state index >= 15 is 0 Å². The smallest absolute Gasteiger partial charge is 0.0740 e. The van der Waals surface area contributed by atoms with Crippen molar-refractivity contribution in [1.82, 2.24) is 24.8 Å². The number of H-pyrrole nitrogens is 2. The lowest BCUT2D eigenvalue weighted by Gasteiger charge is -2.17. The van der Waals surface area contributed by atoms with Gasteiger partial charge < -0.3 is 14.9 Å². The molecule has 0 fully saturated rings. The summed E-state index contributed by atoms with van der Waals surface area (Å²) in [6, 6.07) is 12.2. The molecule has 0 radical (unpaired) electrons. The Balaban J connectivity index is 1.67. The van der Waals surface area contributed by atoms with Crippen LogP contribution in [0.2, 0.25) is 5.02 Å². The Bertz CT molecular complexity index is 1530. The Kier molecular flexibility index (Phi) is 4.37. The van der Waals surface area contributed by atoms with E-state index in [1.54, 1.807) is 0 Å². The average molecular weight is 438 g/mol. The molecule has 0 unspecified atom stereocenters. The molecule has 5 nitrogen and oxygen atoms in total. The zero-order valence-corrected chi connectivity index (χ0v) is 18.2. The highest BCUT2D eigenvalue weighted by molar-refractivity contribution is 6.37. The van der Waals surface area contributed by atoms with Crippen LogP contribution in [-0.4, -0.2) is 38.4 Å². The summed E-state index contributed by atoms with van der Waals surface area (Å²) in [5, 5.41) is 0.682. The van der Waals surface area contributed by atoms with Crippen LogP contribution >= 0.6 is 11.6 Å². The molecule has 0 saturated heterocycles. The topological polar surface area (TPSA) is 60.6 Å². The Hall–Kier alpha value is -3.83. The molecule has 0 amide bonds. The van der Waals surface area contributed by atoms with E-state index in [1.165, 1.54) is 0 Å². The maximum absolute atomic E-state index is 6.92. The predicted molar refractivity (Wildman–Crippen MR) is 134 cm³/mol. The predicted octanol–water partition coefficient (Wildman–Crippen LogP) is 6.15. The number of nitrogens with one attached hydrogen (secondary N) is 2. The van der Waals surface area contributed by atoms with Crippen molar-refractivity contribution in [2.45, 2.75) is 0 Å². The fourth-order valence-electron chi connectivity index (χ4n) is 4.09. The second kappa shape index (κ2) is 7.39. The van der Waals surface area contributed by atoms with Gasteiger partial charge in [-0.3, -0.25) is 0 Å². The van der Waals surface area contributed by atoms with Crippen molar-refractivity contribution in [3.05, 3.63) is 88.1 Å². The van der Waals surface area contributed by atoms with Gasteiger partial charge in [-0.1, -0.05) is 17.7 Å². The van der Waals surface area contributed by atoms with Crippen molar-refractivity contribution >= 4 is 63.5 Å². The Morgan fingerprint density at radius 3 is 1.97 bits per heavy atom. The first-order valence-electron chi connectivity index (χ1n) is 10.5. The van der Waals surface area contributed by atoms with E-state index < -0.39 is 0 Å². The van der Waals surface area contributed by atoms with E-state index in [1.807, 2.05) is 60.7 Å². The number of halogens is 1. The van der Waals surface area contributed by atoms with Gasteiger partial charge in [0.1, 0.15) is 0 Å². The van der Waals surface area contributed by atoms with Gasteiger partial charge in [0.25, 0.3) is 0 Å². The van der Waals surface area contributed by atoms with E-state index in [0.717, 1.165) is 62.5 Å². The number of aromatic nitrogens is 4. The first-order chi connectivity index (χ1) is 15.6. The third-order valence-electron chi connectivity index (χ3n) is 5.68. The Morgan fingerprint density at radius 1 is 0.781 bits per heavy atom. The zero-order chi connectivity index (χ0) is 21.7. The van der Waals surface area contributed by atoms with E-state index in [9.17, 15) is 0 Å². The van der Waals surface area contributed by atoms with Crippen molar-refractivity contribution in [3.63, 3.8) is 0 Å². The second-order valence-electron chi connectivity index (χ2n) is 8.09. The molecule has 8 bridgehead atoms. The molecule has 3 aromatic heterocycles. The minimum Gasteiger partial charge on any atom is -0.377 e. The summed E-state index contributed by atoms with van der Waals surface area (Å²) < 4.78 is 0. The number of nitrogens with zero attached hydrogens (tertiary/aromatic N) is 3. The fourth-order valence-corrected chi connectivity index (χ4v) is 4.40. The number of fused-ring (bicyclic) bond motifs is 8. The highest BCUT2D eigenvalue weighted by Gasteiger charge is 2.15. The van der Waals surface area contributed by atoms with Crippen LogP contribution in [0.5, 0.6) is 0 Å². The molecule has 3 aliphatic rings. The molecule has 2 N–H and O–H groups in total. The molecule has 3 aliphatic heterocycles. The number of likely N-dealkylation sites (N-methyl/N-ethyl adjacent to an activating group) is 1. The molecule has 6 rings (SSSR count). The van der Waals surface area contributed by atoms with Crippen molar-refractivity contribution in [3.8, 4) is 0 Å². The maximum Gasteiger partial charge on any atom is 0.0740 e. The second-order valence-corrected chi connectivity index (χ2v) is 8.47. The van der Waals surface area contributed by atoms with Gasteiger partial charge in [-0.2, -0.15) is 0 Å². The van der Waals surface area contributed by atoms with Crippen LogP contribution in [0.3, 0.4) is 0 Å². The highest BCUT2D eigenvalue weighted by atomic mass is 35.5. The SMILES string of the molecule is CN1C=CC(c2c(Cl)c3cc4nc(cc5ccc(cc6nc(cc2[nH]3)C=C6)[nH]5)C=C4)=CC1. The van der Waals surface area contributed by atoms with E-state index in [-0.39, 0.29) is 0 Å². The number of allylic oxidation sites excluding steroid dienone is 2. The molecule has 0 aliphatic carbocycles. The number of rotatable bonds is 1. The highest BCUT2D eigenvalue weighted by Crippen LogP contribution is 2.34. The molecule has 0 spiro atoms. The molecule has 3 aromatic rings. The summed E-state index contributed by atoms with van der Waals surface area (Å²) in [6.45, 7) is 0.834. The first-order valence-corrected chi connectivity index (χ1v) is 10.8. The summed E-state index contributed by atoms with van der Waals surface area (Å²) in [5.41, 5.74) is 9.34. The van der Waals surface area contributed by atoms with Crippen molar-refractivity contribution in [1.29, 1.82) is 0 Å². The normalized spacial score (nSPS) is 14.8. The van der Waals surface area contributed by atoms with Gasteiger partial charge in [0, 0.05) is 30.2 Å². The molecule has 6 heteroatoms. The molecule has 0 atom stereocenters. The quantitative estimate of drug-likeness (QED) is 0.330. The summed E-state index contributed by atoms with van der Waals surface area (Å²) in [4.78, 5) is 18.5. The van der Waals surface area contributed by atoms with Crippen LogP contribution in [0, 0.1) is 0 Å². The molecule has 32 heavy (non-hydrogen) atoms. The fraction of sp³-hybridized carbons (Fsp3) is 0.0769. The summed E-state index contributed by atoms with van der Waals surface area (Å²) in [7, 11) is 2.05. The third-order valence-corrected chi connectivity index (χ3v) is 6.07. The van der Waals surface area contributed by atoms with Gasteiger partial charge in [0.2, 0.25) is 0 Å². The van der Waals surface area contributed by atoms with Crippen LogP contribution in [0.15, 0.2) is 54.8 Å². The summed E-state index contributed by atoms with van der Waals surface area (Å²) in [5.74, 6) is 0. The van der Waals surface area contributed by atoms with Crippen LogP contribution in [0.4, 0.5) is 0 Å². The largest absolute Gasteiger partial charge is 0.377 e. The summed E-state index contributed by atoms with van der Waals surface area (Å²) in [6.07, 6.45) is 14.4. The van der Waals surface area contributed by atoms with E-state index in [4.69, 9.17) is 21.6 Å². The zero-order valence-electron chi connectivity index (χ0n) is 17.4. The minimum atomic E-state index is 0.682. The van der Waals surface area contributed by atoms with Crippen LogP contribution in [0.25, 0.3) is 51.9 Å². The van der Waals surface area contributed by atoms with Gasteiger partial charge in [-0.05, 0) is 78.6 Å². The van der Waals surface area contributed by atoms with Crippen LogP contribution < -0.4 is 0 Å². The van der Waals surface area contributed by atoms with Gasteiger partial charge in [0.15, 0.2) is 0 Å². The van der Waals surface area contributed by atoms with E-state index in [0.29, 0.717) is 5.02 Å². The van der Waals surface area contributed by atoms with Crippen molar-refractivity contribution in [2.75, 3.05) is 13.6 Å². The van der Waals surface area contributed by atoms with Gasteiger partial charge in [-0.15, -0.1) is 0 Å². The lowest BCUT2D eigenvalue weighted by molar-refractivity contribution is 0.506. The molecule has 156 valence electrons. The van der Waals surface area contributed by atoms with Crippen molar-refractivity contribution in [2.24, 2.45) is 0 Å². The number of hydrogen-bond acceptors (Lipinski definition) is 3. The molecule has 0 aromatic carbocycles. The molecule has 6 heterocycles. The lowest BCUT2D eigenvalue weighted by atomic mass is 10.0. The minimum absolute atomic E-state index is 0.682. The van der Waals surface area contributed by atoms with Crippen LogP contribution in [0.1, 0.15) is 28.3 Å². The first kappa shape index (κ1) is 18.9. The standard InChI is InChI=1S/C26H20ClN5/c1-32-10-8-16(9-11-32)25-23-14-21-6-4-19(29-21)12-17-2-3-18(28-17)13-20-5-7-22(30-20)15-24(31-23)26(25)27/h2-10,12-15,28,31H,11H2,1H3. The van der Waals surface area contributed by atoms with Gasteiger partial charge in [0.05, 0.1) is 38.8 Å². The number of hydrogen-bond donors (Lipinski definition) is 2. The molecular weight excluding hydrogens is 418 g/mol. The molecular formula is C26H20ClN5. The molecule has 0 saturated carbocycles. The third kappa shape index (κ3) is 3.47. The Labute approximate surface area is 190 Å².